The van der Waals surface area contributed by atoms with Crippen molar-refractivity contribution in [3.8, 4) is 0 Å². The van der Waals surface area contributed by atoms with Gasteiger partial charge < -0.3 is 14.7 Å². The number of anilines is 1. The summed E-state index contributed by atoms with van der Waals surface area (Å²) < 4.78 is 6.12. The fourth-order valence-electron chi connectivity index (χ4n) is 3.25. The molecule has 1 amide bonds. The summed E-state index contributed by atoms with van der Waals surface area (Å²) in [6.45, 7) is 4.84. The number of quaternary nitrogens is 1. The third-order valence-electron chi connectivity index (χ3n) is 4.38. The fraction of sp³-hybridized carbons (Fsp3) is 0.500. The van der Waals surface area contributed by atoms with Gasteiger partial charge in [-0.25, -0.2) is 0 Å². The summed E-state index contributed by atoms with van der Waals surface area (Å²) in [7, 11) is 0. The van der Waals surface area contributed by atoms with E-state index in [2.05, 4.69) is 15.9 Å². The van der Waals surface area contributed by atoms with Gasteiger partial charge in [-0.2, -0.15) is 0 Å². The summed E-state index contributed by atoms with van der Waals surface area (Å²) in [6.07, 6.45) is -0.204. The highest BCUT2D eigenvalue weighted by molar-refractivity contribution is 9.10. The number of fused-ring (bicyclic) bond motifs is 1. The average molecular weight is 384 g/mol. The fourth-order valence-corrected chi connectivity index (χ4v) is 3.61. The molecule has 2 heterocycles. The van der Waals surface area contributed by atoms with Gasteiger partial charge in [0, 0.05) is 16.5 Å². The van der Waals surface area contributed by atoms with Crippen molar-refractivity contribution in [3.05, 3.63) is 28.2 Å². The summed E-state index contributed by atoms with van der Waals surface area (Å²) in [5.74, 6) is -0.632. The maximum atomic E-state index is 12.9. The molecule has 0 aromatic heterocycles. The molecule has 23 heavy (non-hydrogen) atoms. The molecule has 2 aliphatic heterocycles. The van der Waals surface area contributed by atoms with Crippen molar-refractivity contribution in [2.24, 2.45) is 0 Å². The SMILES string of the molecule is CC(=O)C[C@@]1(O)C(=O)N(C[NH+]2CCOCC2)c2ccc(Br)cc21. The maximum Gasteiger partial charge on any atom is 0.268 e. The predicted molar refractivity (Wildman–Crippen MR) is 87.2 cm³/mol. The lowest BCUT2D eigenvalue weighted by atomic mass is 9.90. The van der Waals surface area contributed by atoms with Crippen molar-refractivity contribution in [2.45, 2.75) is 18.9 Å². The van der Waals surface area contributed by atoms with Crippen molar-refractivity contribution in [1.82, 2.24) is 0 Å². The number of hydrogen-bond donors (Lipinski definition) is 2. The van der Waals surface area contributed by atoms with Gasteiger partial charge >= 0.3 is 0 Å². The number of amides is 1. The Morgan fingerprint density at radius 1 is 1.43 bits per heavy atom. The first kappa shape index (κ1) is 16.6. The standard InChI is InChI=1S/C16H19BrN2O4/c1-11(20)9-16(22)13-8-12(17)2-3-14(13)19(15(16)21)10-18-4-6-23-7-5-18/h2-3,8,22H,4-7,9-10H2,1H3/p+1/t16-/m0/s1. The Morgan fingerprint density at radius 3 is 2.78 bits per heavy atom. The molecule has 1 aromatic carbocycles. The van der Waals surface area contributed by atoms with Crippen LogP contribution in [0.15, 0.2) is 22.7 Å². The van der Waals surface area contributed by atoms with Crippen molar-refractivity contribution in [3.63, 3.8) is 0 Å². The van der Waals surface area contributed by atoms with Crippen molar-refractivity contribution in [1.29, 1.82) is 0 Å². The molecule has 2 aliphatic rings. The van der Waals surface area contributed by atoms with Gasteiger partial charge in [0.05, 0.1) is 18.9 Å². The van der Waals surface area contributed by atoms with Crippen LogP contribution in [0, 0.1) is 0 Å². The number of rotatable bonds is 4. The Morgan fingerprint density at radius 2 is 2.13 bits per heavy atom. The van der Waals surface area contributed by atoms with E-state index < -0.39 is 11.5 Å². The zero-order valence-corrected chi connectivity index (χ0v) is 14.6. The van der Waals surface area contributed by atoms with Gasteiger partial charge in [0.25, 0.3) is 5.91 Å². The monoisotopic (exact) mass is 383 g/mol. The number of ketones is 1. The second-order valence-corrected chi connectivity index (χ2v) is 7.07. The number of morpholine rings is 1. The number of ether oxygens (including phenoxy) is 1. The molecule has 7 heteroatoms. The van der Waals surface area contributed by atoms with Crippen LogP contribution in [-0.4, -0.2) is 49.8 Å². The van der Waals surface area contributed by atoms with E-state index in [-0.39, 0.29) is 12.2 Å². The van der Waals surface area contributed by atoms with Gasteiger partial charge in [0.1, 0.15) is 18.9 Å². The first-order valence-corrected chi connectivity index (χ1v) is 8.46. The molecule has 0 saturated carbocycles. The molecule has 2 N–H and O–H groups in total. The van der Waals surface area contributed by atoms with E-state index in [0.717, 1.165) is 17.6 Å². The quantitative estimate of drug-likeness (QED) is 0.757. The molecule has 0 spiro atoms. The van der Waals surface area contributed by atoms with Gasteiger partial charge in [-0.3, -0.25) is 14.5 Å². The summed E-state index contributed by atoms with van der Waals surface area (Å²) in [4.78, 5) is 27.3. The second-order valence-electron chi connectivity index (χ2n) is 6.15. The van der Waals surface area contributed by atoms with E-state index >= 15 is 0 Å². The molecular weight excluding hydrogens is 364 g/mol. The van der Waals surface area contributed by atoms with E-state index in [1.165, 1.54) is 11.8 Å². The van der Waals surface area contributed by atoms with Gasteiger partial charge in [-0.05, 0) is 25.1 Å². The number of Topliss-reactive ketones (excluding diaryl/α,β-unsaturated/α-hetero) is 1. The lowest BCUT2D eigenvalue weighted by molar-refractivity contribution is -0.906. The number of benzene rings is 1. The summed E-state index contributed by atoms with van der Waals surface area (Å²) in [6, 6.07) is 5.38. The molecule has 1 saturated heterocycles. The molecular formula is C16H20BrN2O4+. The number of hydrogen-bond acceptors (Lipinski definition) is 4. The van der Waals surface area contributed by atoms with E-state index in [1.807, 2.05) is 12.1 Å². The minimum absolute atomic E-state index is 0.204. The number of nitrogens with zero attached hydrogens (tertiary/aromatic N) is 1. The number of halogens is 1. The van der Waals surface area contributed by atoms with Crippen LogP contribution in [0.4, 0.5) is 5.69 Å². The maximum absolute atomic E-state index is 12.9. The minimum atomic E-state index is -1.77. The first-order valence-electron chi connectivity index (χ1n) is 7.67. The molecule has 3 rings (SSSR count). The number of nitrogens with one attached hydrogen (secondary N) is 1. The van der Waals surface area contributed by atoms with Crippen LogP contribution in [0.2, 0.25) is 0 Å². The van der Waals surface area contributed by atoms with Gasteiger partial charge in [-0.15, -0.1) is 0 Å². The van der Waals surface area contributed by atoms with Gasteiger partial charge in [0.2, 0.25) is 0 Å². The summed E-state index contributed by atoms with van der Waals surface area (Å²) >= 11 is 3.37. The van der Waals surface area contributed by atoms with Crippen LogP contribution in [0.1, 0.15) is 18.9 Å². The van der Waals surface area contributed by atoms with E-state index in [0.29, 0.717) is 31.1 Å². The number of carbonyl (C=O) groups excluding carboxylic acids is 2. The Hall–Kier alpha value is -1.28. The zero-order valence-electron chi connectivity index (χ0n) is 13.0. The number of carbonyl (C=O) groups is 2. The Bertz CT molecular complexity index is 645. The summed E-state index contributed by atoms with van der Waals surface area (Å²) in [5.41, 5.74) is -0.586. The van der Waals surface area contributed by atoms with Crippen LogP contribution in [0.25, 0.3) is 0 Å². The van der Waals surface area contributed by atoms with Crippen molar-refractivity contribution in [2.75, 3.05) is 37.9 Å². The highest BCUT2D eigenvalue weighted by atomic mass is 79.9. The molecule has 6 nitrogen and oxygen atoms in total. The van der Waals surface area contributed by atoms with Crippen LogP contribution in [0.3, 0.4) is 0 Å². The van der Waals surface area contributed by atoms with Crippen molar-refractivity contribution < 1.29 is 24.3 Å². The van der Waals surface area contributed by atoms with Gasteiger partial charge in [-0.1, -0.05) is 15.9 Å². The Kier molecular flexibility index (Phi) is 4.55. The third kappa shape index (κ3) is 3.06. The highest BCUT2D eigenvalue weighted by Gasteiger charge is 2.51. The lowest BCUT2D eigenvalue weighted by Gasteiger charge is -2.29. The topological polar surface area (TPSA) is 71.3 Å². The Labute approximate surface area is 143 Å². The van der Waals surface area contributed by atoms with Crippen LogP contribution in [-0.2, 0) is 19.9 Å². The van der Waals surface area contributed by atoms with E-state index in [9.17, 15) is 14.7 Å². The van der Waals surface area contributed by atoms with Gasteiger partial charge in [0.15, 0.2) is 12.3 Å². The van der Waals surface area contributed by atoms with Crippen LogP contribution >= 0.6 is 15.9 Å². The second kappa shape index (κ2) is 6.32. The zero-order chi connectivity index (χ0) is 16.6. The minimum Gasteiger partial charge on any atom is -0.375 e. The normalized spacial score (nSPS) is 24.8. The molecule has 0 unspecified atom stereocenters. The van der Waals surface area contributed by atoms with E-state index in [4.69, 9.17) is 4.74 Å². The largest absolute Gasteiger partial charge is 0.375 e. The number of aliphatic hydroxyl groups is 1. The molecule has 124 valence electrons. The molecule has 1 aromatic rings. The highest BCUT2D eigenvalue weighted by Crippen LogP contribution is 2.43. The van der Waals surface area contributed by atoms with Crippen molar-refractivity contribution >= 4 is 33.3 Å². The van der Waals surface area contributed by atoms with E-state index in [1.54, 1.807) is 11.0 Å². The molecule has 0 aliphatic carbocycles. The smallest absolute Gasteiger partial charge is 0.268 e. The average Bonchev–Trinajstić information content (AvgIpc) is 2.70. The third-order valence-corrected chi connectivity index (χ3v) is 4.87. The lowest BCUT2D eigenvalue weighted by Crippen LogP contribution is -3.15. The molecule has 0 radical (unpaired) electrons. The molecule has 1 atom stereocenters. The Balaban J connectivity index is 1.95. The summed E-state index contributed by atoms with van der Waals surface area (Å²) in [5, 5.41) is 10.9. The van der Waals surface area contributed by atoms with Crippen LogP contribution in [0.5, 0.6) is 0 Å². The molecule has 1 fully saturated rings. The first-order chi connectivity index (χ1) is 10.9. The molecule has 0 bridgehead atoms. The van der Waals surface area contributed by atoms with Crippen LogP contribution < -0.4 is 9.80 Å². The predicted octanol–water partition coefficient (Wildman–Crippen LogP) is -0.165.